The molecule has 0 saturated carbocycles. The van der Waals surface area contributed by atoms with Crippen LogP contribution in [0.5, 0.6) is 0 Å². The van der Waals surface area contributed by atoms with Crippen LogP contribution in [0.1, 0.15) is 0 Å². The molecule has 2 aromatic rings. The highest BCUT2D eigenvalue weighted by molar-refractivity contribution is 7.03. The first-order valence-electron chi connectivity index (χ1n) is 2.63. The predicted octanol–water partition coefficient (Wildman–Crippen LogP) is 1.24. The highest BCUT2D eigenvalue weighted by Gasteiger charge is 2.08. The summed E-state index contributed by atoms with van der Waals surface area (Å²) >= 11 is 6.60. The molecule has 0 saturated heterocycles. The van der Waals surface area contributed by atoms with Gasteiger partial charge in [0.1, 0.15) is 0 Å². The van der Waals surface area contributed by atoms with Crippen LogP contribution in [-0.4, -0.2) is 19.8 Å². The molecule has 0 aromatic carbocycles. The maximum atomic E-state index is 5.39. The summed E-state index contributed by atoms with van der Waals surface area (Å²) in [6, 6.07) is 0. The van der Waals surface area contributed by atoms with Crippen molar-refractivity contribution in [2.75, 3.05) is 0 Å². The van der Waals surface area contributed by atoms with E-state index in [0.717, 1.165) is 0 Å². The third-order valence-electron chi connectivity index (χ3n) is 0.979. The molecule has 5 nitrogen and oxygen atoms in total. The Hall–Kier alpha value is -1.01. The molecule has 2 rings (SSSR count). The summed E-state index contributed by atoms with van der Waals surface area (Å²) in [6.07, 6.45) is 0. The van der Waals surface area contributed by atoms with Gasteiger partial charge in [0.05, 0.1) is 0 Å². The maximum absolute atomic E-state index is 5.39. The van der Waals surface area contributed by atoms with E-state index in [2.05, 4.69) is 19.8 Å². The lowest BCUT2D eigenvalue weighted by atomic mass is 10.5. The van der Waals surface area contributed by atoms with Crippen LogP contribution in [0.3, 0.4) is 0 Å². The van der Waals surface area contributed by atoms with Gasteiger partial charge in [-0.2, -0.15) is 0 Å². The fraction of sp³-hybridized carbons (Fsp3) is 0. The third-order valence-corrected chi connectivity index (χ3v) is 1.64. The lowest BCUT2D eigenvalue weighted by Gasteiger charge is -1.79. The molecule has 0 unspecified atom stereocenters. The number of hydrogen-bond acceptors (Lipinski definition) is 6. The minimum Gasteiger partial charge on any atom is -0.406 e. The van der Waals surface area contributed by atoms with E-state index >= 15 is 0 Å². The summed E-state index contributed by atoms with van der Waals surface area (Å²) in [7, 11) is 0. The van der Waals surface area contributed by atoms with Gasteiger partial charge in [-0.25, -0.2) is 0 Å². The van der Waals surface area contributed by atoms with Crippen molar-refractivity contribution in [3.63, 3.8) is 0 Å². The molecule has 0 aliphatic rings. The summed E-state index contributed by atoms with van der Waals surface area (Å²) in [5.41, 5.74) is 0.550. The molecule has 2 aromatic heterocycles. The Morgan fingerprint density at radius 1 is 1.36 bits per heavy atom. The largest absolute Gasteiger partial charge is 0.406 e. The molecule has 0 bridgehead atoms. The zero-order valence-electron chi connectivity index (χ0n) is 5.06. The molecule has 11 heavy (non-hydrogen) atoms. The average molecular weight is 189 g/mol. The van der Waals surface area contributed by atoms with Crippen LogP contribution in [-0.2, 0) is 0 Å². The van der Waals surface area contributed by atoms with Crippen molar-refractivity contribution < 1.29 is 4.42 Å². The lowest BCUT2D eigenvalue weighted by Crippen LogP contribution is -1.76. The molecule has 2 heterocycles. The Bertz CT molecular complexity index is 345. The molecular formula is C4HClN4OS. The van der Waals surface area contributed by atoms with E-state index in [4.69, 9.17) is 16.0 Å². The van der Waals surface area contributed by atoms with Gasteiger partial charge in [-0.1, -0.05) is 9.59 Å². The van der Waals surface area contributed by atoms with Crippen molar-refractivity contribution >= 4 is 23.1 Å². The first-order chi connectivity index (χ1) is 5.36. The Morgan fingerprint density at radius 3 is 2.82 bits per heavy atom. The second kappa shape index (κ2) is 2.55. The smallest absolute Gasteiger partial charge is 0.313 e. The zero-order valence-corrected chi connectivity index (χ0v) is 6.63. The van der Waals surface area contributed by atoms with E-state index in [1.165, 1.54) is 11.5 Å². The van der Waals surface area contributed by atoms with Crippen LogP contribution >= 0.6 is 23.1 Å². The van der Waals surface area contributed by atoms with E-state index in [1.54, 1.807) is 5.38 Å². The molecule has 0 fully saturated rings. The van der Waals surface area contributed by atoms with Gasteiger partial charge in [0, 0.05) is 5.38 Å². The van der Waals surface area contributed by atoms with E-state index in [9.17, 15) is 0 Å². The van der Waals surface area contributed by atoms with Gasteiger partial charge in [-0.15, -0.1) is 10.2 Å². The first-order valence-corrected chi connectivity index (χ1v) is 3.84. The van der Waals surface area contributed by atoms with Crippen LogP contribution in [0.25, 0.3) is 11.6 Å². The number of hydrogen-bond donors (Lipinski definition) is 0. The van der Waals surface area contributed by atoms with Gasteiger partial charge in [-0.05, 0) is 23.1 Å². The highest BCUT2D eigenvalue weighted by Crippen LogP contribution is 2.17. The van der Waals surface area contributed by atoms with Crippen LogP contribution in [0.4, 0.5) is 0 Å². The van der Waals surface area contributed by atoms with Gasteiger partial charge in [0.25, 0.3) is 5.89 Å². The zero-order chi connectivity index (χ0) is 7.68. The standard InChI is InChI=1S/C4HClN4OS/c5-4-8-7-3(10-4)2-1-11-9-6-2/h1H. The molecule has 0 aliphatic heterocycles. The molecule has 56 valence electrons. The summed E-state index contributed by atoms with van der Waals surface area (Å²) in [5, 5.41) is 12.5. The number of aromatic nitrogens is 4. The van der Waals surface area contributed by atoms with Gasteiger partial charge in [-0.3, -0.25) is 0 Å². The van der Waals surface area contributed by atoms with Crippen LogP contribution in [0.2, 0.25) is 5.35 Å². The average Bonchev–Trinajstić information content (AvgIpc) is 2.55. The fourth-order valence-electron chi connectivity index (χ4n) is 0.567. The molecule has 0 spiro atoms. The summed E-state index contributed by atoms with van der Waals surface area (Å²) in [6.45, 7) is 0. The SMILES string of the molecule is Clc1nnc(-c2csnn2)o1. The number of halogens is 1. The second-order valence-electron chi connectivity index (χ2n) is 1.65. The van der Waals surface area contributed by atoms with Crippen molar-refractivity contribution in [3.8, 4) is 11.6 Å². The monoisotopic (exact) mass is 188 g/mol. The van der Waals surface area contributed by atoms with Crippen molar-refractivity contribution in [3.05, 3.63) is 10.7 Å². The van der Waals surface area contributed by atoms with E-state index in [1.807, 2.05) is 0 Å². The molecule has 0 aliphatic carbocycles. The normalized spacial score (nSPS) is 10.3. The van der Waals surface area contributed by atoms with Crippen molar-refractivity contribution in [2.24, 2.45) is 0 Å². The van der Waals surface area contributed by atoms with Crippen LogP contribution in [0.15, 0.2) is 9.80 Å². The molecule has 0 N–H and O–H groups in total. The first kappa shape index (κ1) is 6.68. The summed E-state index contributed by atoms with van der Waals surface area (Å²) in [4.78, 5) is 0. The quantitative estimate of drug-likeness (QED) is 0.674. The fourth-order valence-corrected chi connectivity index (χ4v) is 1.11. The third kappa shape index (κ3) is 1.22. The Morgan fingerprint density at radius 2 is 2.27 bits per heavy atom. The summed E-state index contributed by atoms with van der Waals surface area (Å²) in [5.74, 6) is 0.295. The molecule has 0 atom stereocenters. The maximum Gasteiger partial charge on any atom is 0.313 e. The van der Waals surface area contributed by atoms with Gasteiger partial charge >= 0.3 is 5.35 Å². The van der Waals surface area contributed by atoms with E-state index in [-0.39, 0.29) is 5.35 Å². The number of nitrogens with zero attached hydrogens (tertiary/aromatic N) is 4. The minimum atomic E-state index is 0.00741. The Balaban J connectivity index is 2.45. The van der Waals surface area contributed by atoms with E-state index < -0.39 is 0 Å². The Labute approximate surface area is 70.2 Å². The summed E-state index contributed by atoms with van der Waals surface area (Å²) < 4.78 is 8.50. The Kier molecular flexibility index (Phi) is 1.55. The van der Waals surface area contributed by atoms with Crippen LogP contribution in [0, 0.1) is 0 Å². The molecular weight excluding hydrogens is 188 g/mol. The van der Waals surface area contributed by atoms with Crippen molar-refractivity contribution in [1.82, 2.24) is 19.8 Å². The van der Waals surface area contributed by atoms with Crippen molar-refractivity contribution in [1.29, 1.82) is 0 Å². The molecule has 7 heteroatoms. The molecule has 0 amide bonds. The topological polar surface area (TPSA) is 64.7 Å². The second-order valence-corrected chi connectivity index (χ2v) is 2.58. The van der Waals surface area contributed by atoms with Gasteiger partial charge in [0.15, 0.2) is 5.69 Å². The van der Waals surface area contributed by atoms with E-state index in [0.29, 0.717) is 11.6 Å². The number of rotatable bonds is 1. The van der Waals surface area contributed by atoms with Gasteiger partial charge < -0.3 is 4.42 Å². The van der Waals surface area contributed by atoms with Gasteiger partial charge in [0.2, 0.25) is 0 Å². The lowest BCUT2D eigenvalue weighted by molar-refractivity contribution is 0.568. The van der Waals surface area contributed by atoms with Crippen LogP contribution < -0.4 is 0 Å². The predicted molar refractivity (Wildman–Crippen MR) is 38.2 cm³/mol. The van der Waals surface area contributed by atoms with Crippen molar-refractivity contribution in [2.45, 2.75) is 0 Å². The highest BCUT2D eigenvalue weighted by atomic mass is 35.5. The molecule has 0 radical (unpaired) electrons. The minimum absolute atomic E-state index is 0.00741.